The van der Waals surface area contributed by atoms with Crippen molar-refractivity contribution in [1.29, 1.82) is 0 Å². The fourth-order valence-electron chi connectivity index (χ4n) is 5.23. The second kappa shape index (κ2) is 13.5. The number of benzene rings is 3. The van der Waals surface area contributed by atoms with Crippen LogP contribution in [-0.2, 0) is 26.2 Å². The van der Waals surface area contributed by atoms with Crippen molar-refractivity contribution in [1.82, 2.24) is 10.2 Å². The van der Waals surface area contributed by atoms with E-state index in [0.29, 0.717) is 22.7 Å². The Labute approximate surface area is 248 Å². The maximum absolute atomic E-state index is 14.2. The molecule has 218 valence electrons. The molecule has 1 aliphatic rings. The molecule has 0 bridgehead atoms. The Kier molecular flexibility index (Phi) is 10.1. The molecule has 9 heteroatoms. The number of anilines is 1. The molecule has 4 rings (SSSR count). The van der Waals surface area contributed by atoms with Gasteiger partial charge in [-0.1, -0.05) is 73.8 Å². The number of sulfonamides is 1. The summed E-state index contributed by atoms with van der Waals surface area (Å²) in [5.41, 5.74) is 2.97. The second-order valence-corrected chi connectivity index (χ2v) is 12.9. The maximum Gasteiger partial charge on any atom is 0.264 e. The van der Waals surface area contributed by atoms with E-state index in [9.17, 15) is 18.0 Å². The molecular formula is C32H38ClN3O4S. The molecule has 2 amide bonds. The van der Waals surface area contributed by atoms with E-state index in [1.807, 2.05) is 39.0 Å². The number of halogens is 1. The monoisotopic (exact) mass is 595 g/mol. The molecule has 1 saturated carbocycles. The fourth-order valence-corrected chi connectivity index (χ4v) is 6.85. The molecule has 1 unspecified atom stereocenters. The van der Waals surface area contributed by atoms with Gasteiger partial charge in [0.15, 0.2) is 0 Å². The summed E-state index contributed by atoms with van der Waals surface area (Å²) in [5, 5.41) is 3.59. The molecule has 0 aliphatic heterocycles. The summed E-state index contributed by atoms with van der Waals surface area (Å²) in [4.78, 5) is 29.3. The van der Waals surface area contributed by atoms with Crippen molar-refractivity contribution in [2.45, 2.75) is 76.4 Å². The third kappa shape index (κ3) is 7.29. The minimum Gasteiger partial charge on any atom is -0.352 e. The van der Waals surface area contributed by atoms with Crippen LogP contribution in [0.2, 0.25) is 5.02 Å². The predicted octanol–water partition coefficient (Wildman–Crippen LogP) is 6.02. The van der Waals surface area contributed by atoms with Crippen LogP contribution in [-0.4, -0.2) is 43.8 Å². The summed E-state index contributed by atoms with van der Waals surface area (Å²) in [7, 11) is -4.11. The SMILES string of the molecule is CCC(C(=O)NC1CCCC1)N(Cc1ccccc1Cl)C(=O)CN(c1ccc(C)c(C)c1)S(=O)(=O)c1ccccc1. The molecule has 0 heterocycles. The Balaban J connectivity index is 1.73. The van der Waals surface area contributed by atoms with Crippen LogP contribution < -0.4 is 9.62 Å². The van der Waals surface area contributed by atoms with Crippen molar-refractivity contribution in [3.63, 3.8) is 0 Å². The Morgan fingerprint density at radius 3 is 2.24 bits per heavy atom. The standard InChI is InChI=1S/C32H38ClN3O4S/c1-4-30(32(38)34-26-13-9-10-14-26)35(21-25-12-8-11-17-29(25)33)31(37)22-36(27-19-18-23(2)24(3)20-27)41(39,40)28-15-6-5-7-16-28/h5-8,11-12,15-20,26,30H,4,9-10,13-14,21-22H2,1-3H3,(H,34,38). The molecule has 41 heavy (non-hydrogen) atoms. The highest BCUT2D eigenvalue weighted by molar-refractivity contribution is 7.92. The van der Waals surface area contributed by atoms with Gasteiger partial charge in [0.2, 0.25) is 11.8 Å². The number of amides is 2. The summed E-state index contributed by atoms with van der Waals surface area (Å²) < 4.78 is 29.1. The first kappa shape index (κ1) is 30.6. The zero-order chi connectivity index (χ0) is 29.6. The van der Waals surface area contributed by atoms with E-state index >= 15 is 0 Å². The predicted molar refractivity (Wildman–Crippen MR) is 163 cm³/mol. The van der Waals surface area contributed by atoms with Gasteiger partial charge < -0.3 is 10.2 Å². The van der Waals surface area contributed by atoms with Crippen molar-refractivity contribution < 1.29 is 18.0 Å². The number of nitrogens with one attached hydrogen (secondary N) is 1. The minimum atomic E-state index is -4.11. The summed E-state index contributed by atoms with van der Waals surface area (Å²) in [6.07, 6.45) is 4.31. The average Bonchev–Trinajstić information content (AvgIpc) is 3.47. The van der Waals surface area contributed by atoms with Crippen LogP contribution in [0.15, 0.2) is 77.7 Å². The molecule has 0 saturated heterocycles. The summed E-state index contributed by atoms with van der Waals surface area (Å²) in [5.74, 6) is -0.723. The molecule has 1 N–H and O–H groups in total. The first-order chi connectivity index (χ1) is 19.6. The molecule has 3 aromatic rings. The van der Waals surface area contributed by atoms with Crippen molar-refractivity contribution in [2.75, 3.05) is 10.8 Å². The minimum absolute atomic E-state index is 0.0707. The van der Waals surface area contributed by atoms with Gasteiger partial charge in [-0.2, -0.15) is 0 Å². The normalized spacial score (nSPS) is 14.4. The lowest BCUT2D eigenvalue weighted by Crippen LogP contribution is -2.53. The van der Waals surface area contributed by atoms with Crippen molar-refractivity contribution in [3.05, 3.63) is 94.5 Å². The van der Waals surface area contributed by atoms with E-state index in [-0.39, 0.29) is 23.4 Å². The van der Waals surface area contributed by atoms with Gasteiger partial charge >= 0.3 is 0 Å². The smallest absolute Gasteiger partial charge is 0.264 e. The number of nitrogens with zero attached hydrogens (tertiary/aromatic N) is 2. The third-order valence-corrected chi connectivity index (χ3v) is 9.93. The highest BCUT2D eigenvalue weighted by Crippen LogP contribution is 2.27. The number of rotatable bonds is 11. The molecule has 0 radical (unpaired) electrons. The molecular weight excluding hydrogens is 558 g/mol. The van der Waals surface area contributed by atoms with Crippen LogP contribution in [0.25, 0.3) is 0 Å². The molecule has 1 fully saturated rings. The number of carbonyl (C=O) groups excluding carboxylic acids is 2. The molecule has 0 spiro atoms. The van der Waals surface area contributed by atoms with Gasteiger partial charge in [0, 0.05) is 17.6 Å². The van der Waals surface area contributed by atoms with Gasteiger partial charge in [-0.05, 0) is 80.1 Å². The lowest BCUT2D eigenvalue weighted by Gasteiger charge is -2.34. The van der Waals surface area contributed by atoms with Crippen LogP contribution in [0, 0.1) is 13.8 Å². The summed E-state index contributed by atoms with van der Waals surface area (Å²) in [6, 6.07) is 19.9. The van der Waals surface area contributed by atoms with Gasteiger partial charge in [0.05, 0.1) is 10.6 Å². The van der Waals surface area contributed by atoms with Gasteiger partial charge in [-0.15, -0.1) is 0 Å². The number of carbonyl (C=O) groups is 2. The van der Waals surface area contributed by atoms with E-state index in [1.165, 1.54) is 17.0 Å². The molecule has 7 nitrogen and oxygen atoms in total. The van der Waals surface area contributed by atoms with E-state index in [1.54, 1.807) is 42.5 Å². The zero-order valence-electron chi connectivity index (χ0n) is 23.8. The van der Waals surface area contributed by atoms with E-state index in [2.05, 4.69) is 5.32 Å². The van der Waals surface area contributed by atoms with Gasteiger partial charge in [0.25, 0.3) is 10.0 Å². The Morgan fingerprint density at radius 2 is 1.61 bits per heavy atom. The summed E-state index contributed by atoms with van der Waals surface area (Å²) >= 11 is 6.48. The van der Waals surface area contributed by atoms with Crippen LogP contribution in [0.1, 0.15) is 55.7 Å². The largest absolute Gasteiger partial charge is 0.352 e. The van der Waals surface area contributed by atoms with Crippen LogP contribution in [0.5, 0.6) is 0 Å². The first-order valence-electron chi connectivity index (χ1n) is 14.1. The number of aryl methyl sites for hydroxylation is 2. The first-order valence-corrected chi connectivity index (χ1v) is 15.9. The summed E-state index contributed by atoms with van der Waals surface area (Å²) in [6.45, 7) is 5.30. The molecule has 3 aromatic carbocycles. The van der Waals surface area contributed by atoms with E-state index in [4.69, 9.17) is 11.6 Å². The van der Waals surface area contributed by atoms with Crippen molar-refractivity contribution >= 4 is 39.1 Å². The fraction of sp³-hybridized carbons (Fsp3) is 0.375. The van der Waals surface area contributed by atoms with Gasteiger partial charge in [-0.25, -0.2) is 8.42 Å². The molecule has 1 aliphatic carbocycles. The third-order valence-electron chi connectivity index (χ3n) is 7.77. The average molecular weight is 596 g/mol. The Morgan fingerprint density at radius 1 is 0.951 bits per heavy atom. The second-order valence-electron chi connectivity index (χ2n) is 10.6. The molecule has 1 atom stereocenters. The van der Waals surface area contributed by atoms with Crippen LogP contribution in [0.3, 0.4) is 0 Å². The number of hydrogen-bond donors (Lipinski definition) is 1. The van der Waals surface area contributed by atoms with Crippen molar-refractivity contribution in [2.24, 2.45) is 0 Å². The topological polar surface area (TPSA) is 86.8 Å². The van der Waals surface area contributed by atoms with Crippen molar-refractivity contribution in [3.8, 4) is 0 Å². The van der Waals surface area contributed by atoms with Gasteiger partial charge in [0.1, 0.15) is 12.6 Å². The Hall–Kier alpha value is -3.36. The maximum atomic E-state index is 14.2. The Bertz CT molecular complexity index is 1470. The zero-order valence-corrected chi connectivity index (χ0v) is 25.4. The van der Waals surface area contributed by atoms with Gasteiger partial charge in [-0.3, -0.25) is 13.9 Å². The van der Waals surface area contributed by atoms with E-state index in [0.717, 1.165) is 41.1 Å². The quantitative estimate of drug-likeness (QED) is 0.294. The number of hydrogen-bond acceptors (Lipinski definition) is 4. The van der Waals surface area contributed by atoms with Crippen LogP contribution >= 0.6 is 11.6 Å². The highest BCUT2D eigenvalue weighted by Gasteiger charge is 2.34. The lowest BCUT2D eigenvalue weighted by molar-refractivity contribution is -0.140. The lowest BCUT2D eigenvalue weighted by atomic mass is 10.1. The van der Waals surface area contributed by atoms with Crippen LogP contribution in [0.4, 0.5) is 5.69 Å². The molecule has 0 aromatic heterocycles. The highest BCUT2D eigenvalue weighted by atomic mass is 35.5. The van der Waals surface area contributed by atoms with E-state index < -0.39 is 28.5 Å².